The second-order valence-electron chi connectivity index (χ2n) is 5.40. The Labute approximate surface area is 127 Å². The van der Waals surface area contributed by atoms with Crippen LogP contribution in [0.5, 0.6) is 0 Å². The van der Waals surface area contributed by atoms with E-state index in [1.165, 1.54) is 6.07 Å². The average molecular weight is 314 g/mol. The van der Waals surface area contributed by atoms with Crippen LogP contribution in [0.4, 0.5) is 23.2 Å². The van der Waals surface area contributed by atoms with Gasteiger partial charge < -0.3 is 10.2 Å². The zero-order valence-corrected chi connectivity index (χ0v) is 12.4. The molecule has 0 amide bonds. The number of rotatable bonds is 4. The van der Waals surface area contributed by atoms with Gasteiger partial charge in [-0.15, -0.1) is 0 Å². The average Bonchev–Trinajstić information content (AvgIpc) is 2.44. The highest BCUT2D eigenvalue weighted by Gasteiger charge is 2.34. The van der Waals surface area contributed by atoms with Crippen LogP contribution in [-0.2, 0) is 6.18 Å². The van der Waals surface area contributed by atoms with E-state index in [4.69, 9.17) is 0 Å². The SMILES string of the molecule is CC(C)N(CC1=CCC=CN1)c1ccc(C(F)(F)F)c(F)c1. The second-order valence-corrected chi connectivity index (χ2v) is 5.40. The zero-order valence-electron chi connectivity index (χ0n) is 12.4. The van der Waals surface area contributed by atoms with Crippen molar-refractivity contribution in [1.29, 1.82) is 0 Å². The van der Waals surface area contributed by atoms with E-state index in [1.54, 1.807) is 0 Å². The van der Waals surface area contributed by atoms with E-state index in [0.717, 1.165) is 24.3 Å². The van der Waals surface area contributed by atoms with Gasteiger partial charge in [-0.25, -0.2) is 4.39 Å². The van der Waals surface area contributed by atoms with Gasteiger partial charge in [-0.3, -0.25) is 0 Å². The molecule has 0 saturated carbocycles. The van der Waals surface area contributed by atoms with Crippen molar-refractivity contribution in [2.24, 2.45) is 0 Å². The van der Waals surface area contributed by atoms with Crippen LogP contribution in [0.1, 0.15) is 25.8 Å². The van der Waals surface area contributed by atoms with Crippen molar-refractivity contribution in [3.05, 3.63) is 53.6 Å². The minimum atomic E-state index is -4.68. The lowest BCUT2D eigenvalue weighted by atomic mass is 10.1. The van der Waals surface area contributed by atoms with Crippen molar-refractivity contribution < 1.29 is 17.6 Å². The summed E-state index contributed by atoms with van der Waals surface area (Å²) < 4.78 is 51.7. The Kier molecular flexibility index (Phi) is 4.78. The minimum Gasteiger partial charge on any atom is -0.364 e. The Balaban J connectivity index is 2.25. The molecule has 1 heterocycles. The third kappa shape index (κ3) is 3.81. The summed E-state index contributed by atoms with van der Waals surface area (Å²) in [5.74, 6) is -1.25. The van der Waals surface area contributed by atoms with Crippen molar-refractivity contribution in [2.45, 2.75) is 32.5 Å². The molecule has 120 valence electrons. The van der Waals surface area contributed by atoms with Crippen molar-refractivity contribution in [2.75, 3.05) is 11.4 Å². The number of hydrogen-bond acceptors (Lipinski definition) is 2. The van der Waals surface area contributed by atoms with Crippen LogP contribution in [0.3, 0.4) is 0 Å². The van der Waals surface area contributed by atoms with Gasteiger partial charge >= 0.3 is 6.18 Å². The molecule has 1 N–H and O–H groups in total. The lowest BCUT2D eigenvalue weighted by Crippen LogP contribution is -2.35. The van der Waals surface area contributed by atoms with Gasteiger partial charge in [-0.05, 0) is 44.7 Å². The summed E-state index contributed by atoms with van der Waals surface area (Å²) in [6.45, 7) is 4.30. The molecule has 1 aromatic rings. The highest BCUT2D eigenvalue weighted by Crippen LogP contribution is 2.33. The third-order valence-corrected chi connectivity index (χ3v) is 3.44. The monoisotopic (exact) mass is 314 g/mol. The molecule has 0 aromatic heterocycles. The summed E-state index contributed by atoms with van der Waals surface area (Å²) in [4.78, 5) is 1.85. The van der Waals surface area contributed by atoms with Crippen LogP contribution >= 0.6 is 0 Å². The largest absolute Gasteiger partial charge is 0.419 e. The van der Waals surface area contributed by atoms with Gasteiger partial charge in [0.25, 0.3) is 0 Å². The van der Waals surface area contributed by atoms with Crippen LogP contribution in [0.2, 0.25) is 0 Å². The maximum atomic E-state index is 13.8. The lowest BCUT2D eigenvalue weighted by Gasteiger charge is -2.31. The molecule has 0 atom stereocenters. The quantitative estimate of drug-likeness (QED) is 0.826. The van der Waals surface area contributed by atoms with E-state index in [-0.39, 0.29) is 6.04 Å². The van der Waals surface area contributed by atoms with Gasteiger partial charge in [0, 0.05) is 17.4 Å². The zero-order chi connectivity index (χ0) is 16.3. The van der Waals surface area contributed by atoms with Gasteiger partial charge in [-0.2, -0.15) is 13.2 Å². The topological polar surface area (TPSA) is 15.3 Å². The van der Waals surface area contributed by atoms with Crippen molar-refractivity contribution in [3.63, 3.8) is 0 Å². The van der Waals surface area contributed by atoms with Gasteiger partial charge in [0.1, 0.15) is 5.82 Å². The highest BCUT2D eigenvalue weighted by molar-refractivity contribution is 5.50. The molecular formula is C16H18F4N2. The number of nitrogens with zero attached hydrogens (tertiary/aromatic N) is 1. The number of alkyl halides is 3. The fourth-order valence-electron chi connectivity index (χ4n) is 2.28. The van der Waals surface area contributed by atoms with E-state index in [2.05, 4.69) is 5.32 Å². The van der Waals surface area contributed by atoms with Crippen molar-refractivity contribution in [3.8, 4) is 0 Å². The predicted octanol–water partition coefficient (Wildman–Crippen LogP) is 4.45. The Bertz CT molecular complexity index is 588. The Morgan fingerprint density at radius 1 is 1.27 bits per heavy atom. The number of dihydropyridines is 1. The standard InChI is InChI=1S/C16H18F4N2/c1-11(2)22(10-12-5-3-4-8-21-12)13-6-7-14(15(17)9-13)16(18,19)20/h4-9,11,21H,3,10H2,1-2H3. The van der Waals surface area contributed by atoms with E-state index in [9.17, 15) is 17.6 Å². The number of benzene rings is 1. The molecule has 1 aliphatic heterocycles. The maximum absolute atomic E-state index is 13.8. The first-order valence-corrected chi connectivity index (χ1v) is 7.03. The summed E-state index contributed by atoms with van der Waals surface area (Å²) in [5.41, 5.74) is 0.132. The molecule has 2 nitrogen and oxygen atoms in total. The second kappa shape index (κ2) is 6.42. The van der Waals surface area contributed by atoms with E-state index >= 15 is 0 Å². The Morgan fingerprint density at radius 3 is 2.50 bits per heavy atom. The van der Waals surface area contributed by atoms with E-state index < -0.39 is 17.6 Å². The van der Waals surface area contributed by atoms with Crippen molar-refractivity contribution in [1.82, 2.24) is 5.32 Å². The fraction of sp³-hybridized carbons (Fsp3) is 0.375. The normalized spacial score (nSPS) is 14.8. The molecule has 2 rings (SSSR count). The molecule has 22 heavy (non-hydrogen) atoms. The van der Waals surface area contributed by atoms with E-state index in [1.807, 2.05) is 37.1 Å². The van der Waals surface area contributed by atoms with Crippen molar-refractivity contribution >= 4 is 5.69 Å². The van der Waals surface area contributed by atoms with Crippen LogP contribution in [-0.4, -0.2) is 12.6 Å². The molecule has 0 fully saturated rings. The van der Waals surface area contributed by atoms with Crippen LogP contribution in [0.15, 0.2) is 42.2 Å². The summed E-state index contributed by atoms with van der Waals surface area (Å²) in [7, 11) is 0. The first-order chi connectivity index (χ1) is 10.3. The number of anilines is 1. The molecule has 0 unspecified atom stereocenters. The molecule has 6 heteroatoms. The summed E-state index contributed by atoms with van der Waals surface area (Å²) in [5, 5.41) is 3.09. The van der Waals surface area contributed by atoms with Crippen LogP contribution in [0.25, 0.3) is 0 Å². The van der Waals surface area contributed by atoms with Crippen LogP contribution < -0.4 is 10.2 Å². The molecular weight excluding hydrogens is 296 g/mol. The first-order valence-electron chi connectivity index (χ1n) is 7.03. The molecule has 0 radical (unpaired) electrons. The third-order valence-electron chi connectivity index (χ3n) is 3.44. The smallest absolute Gasteiger partial charge is 0.364 e. The minimum absolute atomic E-state index is 0.0183. The number of allylic oxidation sites excluding steroid dienone is 2. The molecule has 1 aromatic carbocycles. The van der Waals surface area contributed by atoms with E-state index in [0.29, 0.717) is 12.2 Å². The molecule has 0 aliphatic carbocycles. The van der Waals surface area contributed by atoms with Gasteiger partial charge in [0.2, 0.25) is 0 Å². The van der Waals surface area contributed by atoms with Gasteiger partial charge in [0.15, 0.2) is 0 Å². The Hall–Kier alpha value is -1.98. The number of halogens is 4. The number of nitrogens with one attached hydrogen (secondary N) is 1. The molecule has 0 bridgehead atoms. The molecule has 1 aliphatic rings. The molecule has 0 spiro atoms. The highest BCUT2D eigenvalue weighted by atomic mass is 19.4. The fourth-order valence-corrected chi connectivity index (χ4v) is 2.28. The summed E-state index contributed by atoms with van der Waals surface area (Å²) in [6, 6.07) is 3.07. The predicted molar refractivity (Wildman–Crippen MR) is 78.9 cm³/mol. The summed E-state index contributed by atoms with van der Waals surface area (Å²) >= 11 is 0. The maximum Gasteiger partial charge on any atom is 0.419 e. The Morgan fingerprint density at radius 2 is 2.00 bits per heavy atom. The summed E-state index contributed by atoms with van der Waals surface area (Å²) in [6.07, 6.45) is 1.90. The van der Waals surface area contributed by atoms with Crippen LogP contribution in [0, 0.1) is 5.82 Å². The lowest BCUT2D eigenvalue weighted by molar-refractivity contribution is -0.139. The van der Waals surface area contributed by atoms with Gasteiger partial charge in [-0.1, -0.05) is 12.2 Å². The first kappa shape index (κ1) is 16.4. The molecule has 0 saturated heterocycles. The van der Waals surface area contributed by atoms with Gasteiger partial charge in [0.05, 0.1) is 12.1 Å². The number of hydrogen-bond donors (Lipinski definition) is 1.